The van der Waals surface area contributed by atoms with Crippen LogP contribution in [-0.2, 0) is 6.18 Å². The number of halogens is 3. The van der Waals surface area contributed by atoms with Gasteiger partial charge in [0.25, 0.3) is 5.56 Å². The largest absolute Gasteiger partial charge is 0.507 e. The number of benzene rings is 2. The minimum atomic E-state index is -4.41. The molecule has 0 radical (unpaired) electrons. The Kier molecular flexibility index (Phi) is 3.16. The summed E-state index contributed by atoms with van der Waals surface area (Å²) in [5, 5.41) is 10.6. The molecule has 0 amide bonds. The molecular formula is C16H10F3NO2. The second kappa shape index (κ2) is 4.91. The Morgan fingerprint density at radius 3 is 2.32 bits per heavy atom. The number of rotatable bonds is 1. The predicted octanol–water partition coefficient (Wildman–Crippen LogP) is 3.92. The fourth-order valence-corrected chi connectivity index (χ4v) is 2.37. The van der Waals surface area contributed by atoms with E-state index in [0.29, 0.717) is 16.5 Å². The summed E-state index contributed by atoms with van der Waals surface area (Å²) in [4.78, 5) is 14.3. The molecule has 2 N–H and O–H groups in total. The first-order valence-corrected chi connectivity index (χ1v) is 6.39. The number of H-pyrrole nitrogens is 1. The standard InChI is InChI=1S/C16H10F3NO2/c17-16(18,19)10-6-4-9(5-7-10)12-8-20-15(22)11-2-1-3-13(21)14(11)12/h1-8,21H,(H,20,22). The number of pyridine rings is 1. The lowest BCUT2D eigenvalue weighted by atomic mass is 9.99. The highest BCUT2D eigenvalue weighted by atomic mass is 19.4. The van der Waals surface area contributed by atoms with Crippen molar-refractivity contribution in [2.45, 2.75) is 6.18 Å². The summed E-state index contributed by atoms with van der Waals surface area (Å²) in [5.41, 5.74) is -0.201. The van der Waals surface area contributed by atoms with E-state index in [2.05, 4.69) is 4.98 Å². The van der Waals surface area contributed by atoms with Crippen LogP contribution in [0.5, 0.6) is 5.75 Å². The topological polar surface area (TPSA) is 53.1 Å². The van der Waals surface area contributed by atoms with Gasteiger partial charge in [0.2, 0.25) is 0 Å². The van der Waals surface area contributed by atoms with Gasteiger partial charge in [-0.1, -0.05) is 18.2 Å². The third kappa shape index (κ3) is 2.32. The number of hydrogen-bond donors (Lipinski definition) is 2. The van der Waals surface area contributed by atoms with Crippen molar-refractivity contribution in [2.75, 3.05) is 0 Å². The predicted molar refractivity (Wildman–Crippen MR) is 76.7 cm³/mol. The van der Waals surface area contributed by atoms with Crippen LogP contribution in [0.4, 0.5) is 13.2 Å². The normalized spacial score (nSPS) is 11.8. The van der Waals surface area contributed by atoms with E-state index < -0.39 is 11.7 Å². The van der Waals surface area contributed by atoms with Crippen LogP contribution in [0.15, 0.2) is 53.5 Å². The van der Waals surface area contributed by atoms with Gasteiger partial charge in [-0.15, -0.1) is 0 Å². The number of alkyl halides is 3. The van der Waals surface area contributed by atoms with Gasteiger partial charge in [-0.2, -0.15) is 13.2 Å². The molecule has 112 valence electrons. The van der Waals surface area contributed by atoms with Crippen LogP contribution in [0.3, 0.4) is 0 Å². The lowest BCUT2D eigenvalue weighted by Crippen LogP contribution is -2.06. The van der Waals surface area contributed by atoms with Crippen molar-refractivity contribution >= 4 is 10.8 Å². The maximum absolute atomic E-state index is 12.6. The molecule has 0 aliphatic heterocycles. The molecule has 22 heavy (non-hydrogen) atoms. The molecule has 0 aliphatic carbocycles. The molecule has 0 spiro atoms. The van der Waals surface area contributed by atoms with Crippen LogP contribution < -0.4 is 5.56 Å². The monoisotopic (exact) mass is 305 g/mol. The van der Waals surface area contributed by atoms with E-state index in [9.17, 15) is 23.1 Å². The van der Waals surface area contributed by atoms with Gasteiger partial charge >= 0.3 is 6.18 Å². The Labute approximate surface area is 122 Å². The molecule has 1 aromatic heterocycles. The quantitative estimate of drug-likeness (QED) is 0.716. The van der Waals surface area contributed by atoms with Gasteiger partial charge in [0.1, 0.15) is 5.75 Å². The van der Waals surface area contributed by atoms with Crippen molar-refractivity contribution in [2.24, 2.45) is 0 Å². The van der Waals surface area contributed by atoms with Gasteiger partial charge in [0.05, 0.1) is 10.9 Å². The molecule has 0 saturated heterocycles. The summed E-state index contributed by atoms with van der Waals surface area (Å²) >= 11 is 0. The number of aromatic nitrogens is 1. The summed E-state index contributed by atoms with van der Waals surface area (Å²) in [6.45, 7) is 0. The second-order valence-corrected chi connectivity index (χ2v) is 4.81. The lowest BCUT2D eigenvalue weighted by Gasteiger charge is -2.10. The third-order valence-corrected chi connectivity index (χ3v) is 3.43. The first-order valence-electron chi connectivity index (χ1n) is 6.39. The SMILES string of the molecule is O=c1[nH]cc(-c2ccc(C(F)(F)F)cc2)c2c(O)cccc12. The van der Waals surface area contributed by atoms with E-state index in [-0.39, 0.29) is 16.7 Å². The number of aromatic amines is 1. The second-order valence-electron chi connectivity index (χ2n) is 4.81. The van der Waals surface area contributed by atoms with Gasteiger partial charge in [-0.05, 0) is 29.8 Å². The zero-order valence-corrected chi connectivity index (χ0v) is 11.1. The molecule has 0 fully saturated rings. The van der Waals surface area contributed by atoms with Crippen LogP contribution >= 0.6 is 0 Å². The average molecular weight is 305 g/mol. The number of aromatic hydroxyl groups is 1. The van der Waals surface area contributed by atoms with Crippen molar-refractivity contribution in [1.29, 1.82) is 0 Å². The fraction of sp³-hybridized carbons (Fsp3) is 0.0625. The number of phenolic OH excluding ortho intramolecular Hbond substituents is 1. The van der Waals surface area contributed by atoms with Crippen molar-refractivity contribution in [3.63, 3.8) is 0 Å². The Morgan fingerprint density at radius 1 is 1.00 bits per heavy atom. The van der Waals surface area contributed by atoms with Crippen LogP contribution in [-0.4, -0.2) is 10.1 Å². The molecule has 0 atom stereocenters. The number of hydrogen-bond acceptors (Lipinski definition) is 2. The first kappa shape index (κ1) is 14.2. The van der Waals surface area contributed by atoms with E-state index in [4.69, 9.17) is 0 Å². The molecular weight excluding hydrogens is 295 g/mol. The lowest BCUT2D eigenvalue weighted by molar-refractivity contribution is -0.137. The molecule has 2 aromatic carbocycles. The zero-order valence-electron chi connectivity index (χ0n) is 11.1. The van der Waals surface area contributed by atoms with E-state index >= 15 is 0 Å². The molecule has 3 aromatic rings. The maximum atomic E-state index is 12.6. The third-order valence-electron chi connectivity index (χ3n) is 3.43. The molecule has 1 heterocycles. The zero-order chi connectivity index (χ0) is 15.9. The molecule has 3 nitrogen and oxygen atoms in total. The van der Waals surface area contributed by atoms with Crippen molar-refractivity contribution < 1.29 is 18.3 Å². The van der Waals surface area contributed by atoms with Crippen LogP contribution in [0.2, 0.25) is 0 Å². The van der Waals surface area contributed by atoms with Gasteiger partial charge in [0, 0.05) is 17.1 Å². The van der Waals surface area contributed by atoms with E-state index in [1.807, 2.05) is 0 Å². The first-order chi connectivity index (χ1) is 10.4. The van der Waals surface area contributed by atoms with E-state index in [0.717, 1.165) is 12.1 Å². The maximum Gasteiger partial charge on any atom is 0.416 e. The van der Waals surface area contributed by atoms with Gasteiger partial charge in [0.15, 0.2) is 0 Å². The van der Waals surface area contributed by atoms with Gasteiger partial charge in [-0.25, -0.2) is 0 Å². The highest BCUT2D eigenvalue weighted by molar-refractivity contribution is 5.99. The van der Waals surface area contributed by atoms with Crippen LogP contribution in [0, 0.1) is 0 Å². The Hall–Kier alpha value is -2.76. The minimum absolute atomic E-state index is 0.0986. The van der Waals surface area contributed by atoms with Gasteiger partial charge in [-0.3, -0.25) is 4.79 Å². The molecule has 3 rings (SSSR count). The van der Waals surface area contributed by atoms with Crippen LogP contribution in [0.1, 0.15) is 5.56 Å². The smallest absolute Gasteiger partial charge is 0.416 e. The van der Waals surface area contributed by atoms with Crippen molar-refractivity contribution in [1.82, 2.24) is 4.98 Å². The van der Waals surface area contributed by atoms with Crippen LogP contribution in [0.25, 0.3) is 21.9 Å². The summed E-state index contributed by atoms with van der Waals surface area (Å²) in [6.07, 6.45) is -3.03. The molecule has 0 aliphatic rings. The summed E-state index contributed by atoms with van der Waals surface area (Å²) in [7, 11) is 0. The Bertz CT molecular complexity index is 896. The number of phenols is 1. The highest BCUT2D eigenvalue weighted by Crippen LogP contribution is 2.35. The highest BCUT2D eigenvalue weighted by Gasteiger charge is 2.30. The minimum Gasteiger partial charge on any atom is -0.507 e. The van der Waals surface area contributed by atoms with Crippen molar-refractivity contribution in [3.8, 4) is 16.9 Å². The van der Waals surface area contributed by atoms with E-state index in [1.54, 1.807) is 6.07 Å². The fourth-order valence-electron chi connectivity index (χ4n) is 2.37. The Morgan fingerprint density at radius 2 is 1.68 bits per heavy atom. The number of nitrogens with one attached hydrogen (secondary N) is 1. The molecule has 0 saturated carbocycles. The summed E-state index contributed by atoms with van der Waals surface area (Å²) in [5.74, 6) is -0.0986. The molecule has 6 heteroatoms. The molecule has 0 bridgehead atoms. The van der Waals surface area contributed by atoms with Gasteiger partial charge < -0.3 is 10.1 Å². The van der Waals surface area contributed by atoms with Crippen molar-refractivity contribution in [3.05, 3.63) is 64.6 Å². The Balaban J connectivity index is 2.23. The summed E-state index contributed by atoms with van der Waals surface area (Å²) in [6, 6.07) is 9.05. The molecule has 0 unspecified atom stereocenters. The summed E-state index contributed by atoms with van der Waals surface area (Å²) < 4.78 is 37.8. The van der Waals surface area contributed by atoms with E-state index in [1.165, 1.54) is 30.5 Å². The number of fused-ring (bicyclic) bond motifs is 1. The average Bonchev–Trinajstić information content (AvgIpc) is 2.48.